The average Bonchev–Trinajstić information content (AvgIpc) is 2.47. The first-order chi connectivity index (χ1) is 9.72. The summed E-state index contributed by atoms with van der Waals surface area (Å²) in [5.41, 5.74) is 0.879. The highest BCUT2D eigenvalue weighted by Crippen LogP contribution is 2.35. The van der Waals surface area contributed by atoms with Gasteiger partial charge in [-0.25, -0.2) is 0 Å². The van der Waals surface area contributed by atoms with Crippen LogP contribution in [0.3, 0.4) is 0 Å². The van der Waals surface area contributed by atoms with Crippen molar-refractivity contribution in [3.05, 3.63) is 64.2 Å². The molecule has 0 fully saturated rings. The number of benzene rings is 2. The van der Waals surface area contributed by atoms with Gasteiger partial charge in [-0.15, -0.1) is 0 Å². The molecule has 0 aliphatic carbocycles. The molecule has 2 rings (SSSR count). The number of nitro benzene ring substituents is 1. The summed E-state index contributed by atoms with van der Waals surface area (Å²) in [4.78, 5) is 11.6. The lowest BCUT2D eigenvalue weighted by molar-refractivity contribution is -0.385. The third-order valence-electron chi connectivity index (χ3n) is 2.76. The highest BCUT2D eigenvalue weighted by Gasteiger charge is 2.19. The van der Waals surface area contributed by atoms with E-state index in [-0.39, 0.29) is 5.69 Å². The highest BCUT2D eigenvalue weighted by molar-refractivity contribution is 7.95. The van der Waals surface area contributed by atoms with Crippen LogP contribution in [-0.4, -0.2) is 4.92 Å². The van der Waals surface area contributed by atoms with Crippen molar-refractivity contribution < 1.29 is 9.11 Å². The summed E-state index contributed by atoms with van der Waals surface area (Å²) in [6.07, 6.45) is 1.67. The summed E-state index contributed by atoms with van der Waals surface area (Å²) in [6, 6.07) is 14.6. The van der Waals surface area contributed by atoms with Crippen molar-refractivity contribution in [2.75, 3.05) is 0 Å². The van der Waals surface area contributed by atoms with Gasteiger partial charge in [0.05, 0.1) is 17.0 Å². The van der Waals surface area contributed by atoms with E-state index in [0.29, 0.717) is 5.75 Å². The zero-order valence-corrected chi connectivity index (χ0v) is 11.9. The standard InChI is InChI=1S/C15H15NO3S/c1-2-7-12-8-6-11-14(16(17)18)15(12)19-20-13-9-4-3-5-10-13/h3-6,8-11H,2,7H2,1H3. The first kappa shape index (κ1) is 14.4. The number of hydrogen-bond donors (Lipinski definition) is 0. The third-order valence-corrected chi connectivity index (χ3v) is 3.47. The molecule has 2 aromatic rings. The van der Waals surface area contributed by atoms with Gasteiger partial charge in [-0.1, -0.05) is 43.7 Å². The molecule has 2 aromatic carbocycles. The number of para-hydroxylation sites is 1. The smallest absolute Gasteiger partial charge is 0.312 e. The van der Waals surface area contributed by atoms with E-state index in [0.717, 1.165) is 35.3 Å². The molecule has 0 bridgehead atoms. The van der Waals surface area contributed by atoms with Crippen LogP contribution in [0.1, 0.15) is 18.9 Å². The maximum absolute atomic E-state index is 11.1. The molecule has 5 heteroatoms. The fourth-order valence-electron chi connectivity index (χ4n) is 1.84. The van der Waals surface area contributed by atoms with E-state index in [1.54, 1.807) is 6.07 Å². The van der Waals surface area contributed by atoms with Gasteiger partial charge in [-0.2, -0.15) is 0 Å². The summed E-state index contributed by atoms with van der Waals surface area (Å²) < 4.78 is 5.64. The van der Waals surface area contributed by atoms with Crippen molar-refractivity contribution >= 4 is 17.7 Å². The van der Waals surface area contributed by atoms with Crippen molar-refractivity contribution in [1.29, 1.82) is 0 Å². The highest BCUT2D eigenvalue weighted by atomic mass is 32.2. The first-order valence-electron chi connectivity index (χ1n) is 6.38. The van der Waals surface area contributed by atoms with Gasteiger partial charge < -0.3 is 4.18 Å². The van der Waals surface area contributed by atoms with Crippen LogP contribution in [0.5, 0.6) is 5.75 Å². The summed E-state index contributed by atoms with van der Waals surface area (Å²) in [6.45, 7) is 2.03. The molecule has 104 valence electrons. The first-order valence-corrected chi connectivity index (χ1v) is 7.12. The Morgan fingerprint density at radius 2 is 1.90 bits per heavy atom. The lowest BCUT2D eigenvalue weighted by Crippen LogP contribution is -1.97. The largest absolute Gasteiger partial charge is 0.413 e. The zero-order valence-electron chi connectivity index (χ0n) is 11.1. The minimum Gasteiger partial charge on any atom is -0.413 e. The van der Waals surface area contributed by atoms with E-state index >= 15 is 0 Å². The zero-order chi connectivity index (χ0) is 14.4. The van der Waals surface area contributed by atoms with Crippen molar-refractivity contribution in [3.63, 3.8) is 0 Å². The molecule has 0 aromatic heterocycles. The molecule has 4 nitrogen and oxygen atoms in total. The molecule has 0 atom stereocenters. The molecule has 0 N–H and O–H groups in total. The van der Waals surface area contributed by atoms with Gasteiger partial charge in [0.2, 0.25) is 5.75 Å². The minimum atomic E-state index is -0.403. The molecule has 0 aliphatic heterocycles. The second-order valence-electron chi connectivity index (χ2n) is 4.25. The van der Waals surface area contributed by atoms with Crippen LogP contribution in [0, 0.1) is 10.1 Å². The monoisotopic (exact) mass is 289 g/mol. The summed E-state index contributed by atoms with van der Waals surface area (Å²) in [7, 11) is 0. The van der Waals surface area contributed by atoms with E-state index in [1.165, 1.54) is 6.07 Å². The second kappa shape index (κ2) is 6.96. The predicted molar refractivity (Wildman–Crippen MR) is 80.0 cm³/mol. The molecule has 20 heavy (non-hydrogen) atoms. The molecular weight excluding hydrogens is 274 g/mol. The number of nitro groups is 1. The summed E-state index contributed by atoms with van der Waals surface area (Å²) >= 11 is 1.14. The van der Waals surface area contributed by atoms with Crippen LogP contribution in [0.25, 0.3) is 0 Å². The molecule has 0 amide bonds. The van der Waals surface area contributed by atoms with E-state index in [4.69, 9.17) is 4.18 Å². The third kappa shape index (κ3) is 3.51. The fraction of sp³-hybridized carbons (Fsp3) is 0.200. The SMILES string of the molecule is CCCc1cccc([N+](=O)[O-])c1OSc1ccccc1. The fourth-order valence-corrected chi connectivity index (χ4v) is 2.48. The normalized spacial score (nSPS) is 10.2. The van der Waals surface area contributed by atoms with Gasteiger partial charge in [0.1, 0.15) is 0 Å². The Bertz CT molecular complexity index is 587. The van der Waals surface area contributed by atoms with Crippen LogP contribution in [0.4, 0.5) is 5.69 Å². The van der Waals surface area contributed by atoms with Gasteiger partial charge >= 0.3 is 5.69 Å². The molecule has 0 heterocycles. The van der Waals surface area contributed by atoms with Crippen LogP contribution < -0.4 is 4.18 Å². The Hall–Kier alpha value is -2.01. The van der Waals surface area contributed by atoms with Gasteiger partial charge in [-0.05, 0) is 18.6 Å². The second-order valence-corrected chi connectivity index (χ2v) is 5.06. The Kier molecular flexibility index (Phi) is 5.01. The maximum Gasteiger partial charge on any atom is 0.312 e. The average molecular weight is 289 g/mol. The lowest BCUT2D eigenvalue weighted by atomic mass is 10.1. The Morgan fingerprint density at radius 3 is 2.55 bits per heavy atom. The maximum atomic E-state index is 11.1. The molecule has 0 unspecified atom stereocenters. The number of nitrogens with zero attached hydrogens (tertiary/aromatic N) is 1. The van der Waals surface area contributed by atoms with E-state index in [2.05, 4.69) is 0 Å². The van der Waals surface area contributed by atoms with Gasteiger partial charge in [0.25, 0.3) is 0 Å². The molecule has 0 radical (unpaired) electrons. The quantitative estimate of drug-likeness (QED) is 0.442. The van der Waals surface area contributed by atoms with Crippen LogP contribution in [-0.2, 0) is 6.42 Å². The van der Waals surface area contributed by atoms with E-state index in [9.17, 15) is 10.1 Å². The topological polar surface area (TPSA) is 52.4 Å². The Labute approximate surface area is 122 Å². The van der Waals surface area contributed by atoms with Crippen LogP contribution in [0.15, 0.2) is 53.4 Å². The predicted octanol–water partition coefficient (Wildman–Crippen LogP) is 4.63. The molecule has 0 aliphatic rings. The number of rotatable bonds is 6. The summed E-state index contributed by atoms with van der Waals surface area (Å²) in [5.74, 6) is 0.355. The van der Waals surface area contributed by atoms with Crippen LogP contribution >= 0.6 is 12.0 Å². The van der Waals surface area contributed by atoms with Crippen molar-refractivity contribution in [3.8, 4) is 5.75 Å². The molecular formula is C15H15NO3S. The van der Waals surface area contributed by atoms with E-state index < -0.39 is 4.92 Å². The van der Waals surface area contributed by atoms with Gasteiger partial charge in [0, 0.05) is 16.5 Å². The molecule has 0 saturated carbocycles. The van der Waals surface area contributed by atoms with Gasteiger partial charge in [0.15, 0.2) is 0 Å². The molecule has 0 spiro atoms. The number of hydrogen-bond acceptors (Lipinski definition) is 4. The van der Waals surface area contributed by atoms with E-state index in [1.807, 2.05) is 43.3 Å². The number of aryl methyl sites for hydroxylation is 1. The lowest BCUT2D eigenvalue weighted by Gasteiger charge is -2.09. The minimum absolute atomic E-state index is 0.0133. The van der Waals surface area contributed by atoms with Crippen molar-refractivity contribution in [2.45, 2.75) is 24.7 Å². The Morgan fingerprint density at radius 1 is 1.15 bits per heavy atom. The van der Waals surface area contributed by atoms with Gasteiger partial charge in [-0.3, -0.25) is 10.1 Å². The summed E-state index contributed by atoms with van der Waals surface area (Å²) in [5, 5.41) is 11.1. The van der Waals surface area contributed by atoms with Crippen molar-refractivity contribution in [1.82, 2.24) is 0 Å². The van der Waals surface area contributed by atoms with Crippen molar-refractivity contribution in [2.24, 2.45) is 0 Å². The van der Waals surface area contributed by atoms with Crippen LogP contribution in [0.2, 0.25) is 0 Å². The Balaban J connectivity index is 2.26. The molecule has 0 saturated heterocycles.